The van der Waals surface area contributed by atoms with Crippen LogP contribution in [0.4, 0.5) is 0 Å². The third-order valence-electron chi connectivity index (χ3n) is 2.83. The molecule has 3 heteroatoms. The lowest BCUT2D eigenvalue weighted by atomic mass is 9.95. The molecule has 1 rings (SSSR count). The Labute approximate surface area is 86.9 Å². The van der Waals surface area contributed by atoms with Gasteiger partial charge < -0.3 is 10.2 Å². The minimum absolute atomic E-state index is 0.228. The first kappa shape index (κ1) is 11.7. The monoisotopic (exact) mass is 198 g/mol. The van der Waals surface area contributed by atoms with Crippen molar-refractivity contribution >= 4 is 5.78 Å². The molecule has 0 aliphatic carbocycles. The van der Waals surface area contributed by atoms with Crippen molar-refractivity contribution in [3.05, 3.63) is 0 Å². The summed E-state index contributed by atoms with van der Waals surface area (Å²) in [6.07, 6.45) is 3.89. The van der Waals surface area contributed by atoms with Crippen LogP contribution < -0.4 is 5.32 Å². The molecule has 1 atom stereocenters. The van der Waals surface area contributed by atoms with Crippen molar-refractivity contribution in [1.29, 1.82) is 0 Å². The molecule has 1 saturated heterocycles. The van der Waals surface area contributed by atoms with Gasteiger partial charge in [0.05, 0.1) is 6.54 Å². The Morgan fingerprint density at radius 2 is 2.36 bits per heavy atom. The van der Waals surface area contributed by atoms with E-state index >= 15 is 0 Å². The number of carbonyl (C=O) groups excluding carboxylic acids is 1. The van der Waals surface area contributed by atoms with Crippen LogP contribution in [0.1, 0.15) is 26.2 Å². The highest BCUT2D eigenvalue weighted by molar-refractivity contribution is 5.77. The number of nitrogens with zero attached hydrogens (tertiary/aromatic N) is 1. The zero-order valence-electron chi connectivity index (χ0n) is 9.38. The van der Waals surface area contributed by atoms with Gasteiger partial charge in [0.15, 0.2) is 0 Å². The van der Waals surface area contributed by atoms with Crippen LogP contribution in [0.15, 0.2) is 0 Å². The number of piperidine rings is 1. The van der Waals surface area contributed by atoms with Gasteiger partial charge in [-0.05, 0) is 52.2 Å². The molecule has 1 N–H and O–H groups in total. The van der Waals surface area contributed by atoms with Gasteiger partial charge in [-0.2, -0.15) is 0 Å². The largest absolute Gasteiger partial charge is 0.310 e. The van der Waals surface area contributed by atoms with Gasteiger partial charge in [0.1, 0.15) is 5.78 Å². The standard InChI is InChI=1S/C11H22N2O/c1-10(14)8-12-6-5-11-4-3-7-13(2)9-11/h11-12H,3-9H2,1-2H3. The molecule has 1 heterocycles. The van der Waals surface area contributed by atoms with Crippen LogP contribution in [0.5, 0.6) is 0 Å². The topological polar surface area (TPSA) is 32.3 Å². The average molecular weight is 198 g/mol. The minimum atomic E-state index is 0.228. The summed E-state index contributed by atoms with van der Waals surface area (Å²) < 4.78 is 0. The van der Waals surface area contributed by atoms with Gasteiger partial charge in [0.25, 0.3) is 0 Å². The van der Waals surface area contributed by atoms with Gasteiger partial charge >= 0.3 is 0 Å². The van der Waals surface area contributed by atoms with E-state index in [1.165, 1.54) is 32.4 Å². The molecule has 1 fully saturated rings. The van der Waals surface area contributed by atoms with Crippen molar-refractivity contribution in [3.63, 3.8) is 0 Å². The molecule has 0 spiro atoms. The highest BCUT2D eigenvalue weighted by Gasteiger charge is 2.16. The number of ketones is 1. The second-order valence-corrected chi connectivity index (χ2v) is 4.44. The van der Waals surface area contributed by atoms with E-state index < -0.39 is 0 Å². The lowest BCUT2D eigenvalue weighted by molar-refractivity contribution is -0.116. The quantitative estimate of drug-likeness (QED) is 0.666. The third-order valence-corrected chi connectivity index (χ3v) is 2.83. The summed E-state index contributed by atoms with van der Waals surface area (Å²) in [5.41, 5.74) is 0. The fraction of sp³-hybridized carbons (Fsp3) is 0.909. The normalized spacial score (nSPS) is 23.7. The lowest BCUT2D eigenvalue weighted by Crippen LogP contribution is -2.34. The summed E-state index contributed by atoms with van der Waals surface area (Å²) in [5.74, 6) is 1.05. The fourth-order valence-electron chi connectivity index (χ4n) is 2.08. The zero-order chi connectivity index (χ0) is 10.4. The highest BCUT2D eigenvalue weighted by atomic mass is 16.1. The summed E-state index contributed by atoms with van der Waals surface area (Å²) in [6, 6.07) is 0. The molecular formula is C11H22N2O. The molecule has 1 aliphatic heterocycles. The Balaban J connectivity index is 2.03. The number of rotatable bonds is 5. The maximum atomic E-state index is 10.7. The molecule has 0 aromatic carbocycles. The third kappa shape index (κ3) is 4.72. The Morgan fingerprint density at radius 3 is 3.00 bits per heavy atom. The van der Waals surface area contributed by atoms with Crippen LogP contribution in [-0.4, -0.2) is 43.9 Å². The van der Waals surface area contributed by atoms with E-state index in [1.807, 2.05) is 0 Å². The molecule has 3 nitrogen and oxygen atoms in total. The molecule has 82 valence electrons. The van der Waals surface area contributed by atoms with Crippen molar-refractivity contribution < 1.29 is 4.79 Å². The lowest BCUT2D eigenvalue weighted by Gasteiger charge is -2.29. The highest BCUT2D eigenvalue weighted by Crippen LogP contribution is 2.17. The summed E-state index contributed by atoms with van der Waals surface area (Å²) in [5, 5.41) is 3.18. The van der Waals surface area contributed by atoms with Crippen molar-refractivity contribution in [2.75, 3.05) is 33.2 Å². The van der Waals surface area contributed by atoms with Crippen LogP contribution in [-0.2, 0) is 4.79 Å². The van der Waals surface area contributed by atoms with E-state index in [-0.39, 0.29) is 5.78 Å². The fourth-order valence-corrected chi connectivity index (χ4v) is 2.08. The molecule has 14 heavy (non-hydrogen) atoms. The molecule has 0 amide bonds. The molecule has 0 radical (unpaired) electrons. The van der Waals surface area contributed by atoms with Gasteiger partial charge in [0, 0.05) is 6.54 Å². The molecule has 0 saturated carbocycles. The predicted molar refractivity (Wildman–Crippen MR) is 58.4 cm³/mol. The van der Waals surface area contributed by atoms with Crippen LogP contribution in [0.3, 0.4) is 0 Å². The van der Waals surface area contributed by atoms with Crippen molar-refractivity contribution in [2.24, 2.45) is 5.92 Å². The first-order chi connectivity index (χ1) is 6.68. The van der Waals surface area contributed by atoms with Gasteiger partial charge in [-0.15, -0.1) is 0 Å². The van der Waals surface area contributed by atoms with Crippen LogP contribution in [0.25, 0.3) is 0 Å². The number of hydrogen-bond donors (Lipinski definition) is 1. The predicted octanol–water partition coefficient (Wildman–Crippen LogP) is 0.897. The van der Waals surface area contributed by atoms with E-state index in [0.717, 1.165) is 12.5 Å². The van der Waals surface area contributed by atoms with Crippen LogP contribution in [0, 0.1) is 5.92 Å². The molecule has 0 bridgehead atoms. The van der Waals surface area contributed by atoms with E-state index in [1.54, 1.807) is 6.92 Å². The molecule has 1 unspecified atom stereocenters. The molecule has 0 aromatic heterocycles. The number of Topliss-reactive ketones (excluding diaryl/α,β-unsaturated/α-hetero) is 1. The second kappa shape index (κ2) is 6.14. The first-order valence-electron chi connectivity index (χ1n) is 5.57. The van der Waals surface area contributed by atoms with Crippen molar-refractivity contribution in [3.8, 4) is 0 Å². The van der Waals surface area contributed by atoms with E-state index in [9.17, 15) is 4.79 Å². The molecule has 1 aliphatic rings. The molecule has 0 aromatic rings. The van der Waals surface area contributed by atoms with Gasteiger partial charge in [0.2, 0.25) is 0 Å². The van der Waals surface area contributed by atoms with Crippen LogP contribution >= 0.6 is 0 Å². The minimum Gasteiger partial charge on any atom is -0.310 e. The van der Waals surface area contributed by atoms with Crippen molar-refractivity contribution in [2.45, 2.75) is 26.2 Å². The van der Waals surface area contributed by atoms with E-state index in [2.05, 4.69) is 17.3 Å². The Bertz CT molecular complexity index is 182. The van der Waals surface area contributed by atoms with Gasteiger partial charge in [-0.3, -0.25) is 4.79 Å². The van der Waals surface area contributed by atoms with E-state index in [0.29, 0.717) is 6.54 Å². The number of hydrogen-bond acceptors (Lipinski definition) is 3. The maximum Gasteiger partial charge on any atom is 0.143 e. The van der Waals surface area contributed by atoms with Gasteiger partial charge in [-0.1, -0.05) is 0 Å². The SMILES string of the molecule is CC(=O)CNCCC1CCCN(C)C1. The summed E-state index contributed by atoms with van der Waals surface area (Å²) >= 11 is 0. The smallest absolute Gasteiger partial charge is 0.143 e. The Morgan fingerprint density at radius 1 is 1.57 bits per heavy atom. The summed E-state index contributed by atoms with van der Waals surface area (Å²) in [4.78, 5) is 13.1. The van der Waals surface area contributed by atoms with Crippen molar-refractivity contribution in [1.82, 2.24) is 10.2 Å². The summed E-state index contributed by atoms with van der Waals surface area (Å²) in [6.45, 7) is 5.61. The zero-order valence-corrected chi connectivity index (χ0v) is 9.38. The number of nitrogens with one attached hydrogen (secondary N) is 1. The first-order valence-corrected chi connectivity index (χ1v) is 5.57. The average Bonchev–Trinajstić information content (AvgIpc) is 2.12. The molecular weight excluding hydrogens is 176 g/mol. The Kier molecular flexibility index (Phi) is 5.12. The van der Waals surface area contributed by atoms with Gasteiger partial charge in [-0.25, -0.2) is 0 Å². The summed E-state index contributed by atoms with van der Waals surface area (Å²) in [7, 11) is 2.19. The number of carbonyl (C=O) groups is 1. The number of likely N-dealkylation sites (tertiary alicyclic amines) is 1. The van der Waals surface area contributed by atoms with Crippen LogP contribution in [0.2, 0.25) is 0 Å². The Hall–Kier alpha value is -0.410. The van der Waals surface area contributed by atoms with E-state index in [4.69, 9.17) is 0 Å². The second-order valence-electron chi connectivity index (χ2n) is 4.44. The maximum absolute atomic E-state index is 10.7.